The summed E-state index contributed by atoms with van der Waals surface area (Å²) < 4.78 is 5.18. The van der Waals surface area contributed by atoms with Crippen molar-refractivity contribution in [3.8, 4) is 0 Å². The van der Waals surface area contributed by atoms with E-state index < -0.39 is 16.6 Å². The van der Waals surface area contributed by atoms with Crippen LogP contribution in [0.15, 0.2) is 48.5 Å². The van der Waals surface area contributed by atoms with Gasteiger partial charge in [-0.3, -0.25) is 20.2 Å². The number of nitrogens with zero attached hydrogens (tertiary/aromatic N) is 1. The van der Waals surface area contributed by atoms with Gasteiger partial charge in [-0.15, -0.1) is 0 Å². The molecule has 0 bridgehead atoms. The van der Waals surface area contributed by atoms with E-state index in [1.54, 1.807) is 57.2 Å². The Kier molecular flexibility index (Phi) is 7.13. The van der Waals surface area contributed by atoms with Crippen LogP contribution < -0.4 is 16.0 Å². The Balaban J connectivity index is 1.87. The number of rotatable bonds is 7. The van der Waals surface area contributed by atoms with Gasteiger partial charge in [0.1, 0.15) is 11.3 Å². The normalized spacial score (nSPS) is 10.7. The summed E-state index contributed by atoms with van der Waals surface area (Å²) >= 11 is 0. The average Bonchev–Trinajstić information content (AvgIpc) is 2.64. The highest BCUT2D eigenvalue weighted by atomic mass is 16.6. The number of para-hydroxylation sites is 2. The number of carbonyl (C=O) groups excluding carboxylic acids is 2. The van der Waals surface area contributed by atoms with Crippen LogP contribution in [-0.2, 0) is 4.74 Å². The molecular formula is C20H24N4O5. The number of anilines is 2. The first kappa shape index (κ1) is 21.7. The van der Waals surface area contributed by atoms with Crippen LogP contribution in [0, 0.1) is 10.1 Å². The van der Waals surface area contributed by atoms with E-state index >= 15 is 0 Å². The fourth-order valence-electron chi connectivity index (χ4n) is 2.42. The van der Waals surface area contributed by atoms with Crippen LogP contribution >= 0.6 is 0 Å². The monoisotopic (exact) mass is 400 g/mol. The summed E-state index contributed by atoms with van der Waals surface area (Å²) in [5, 5.41) is 19.2. The van der Waals surface area contributed by atoms with E-state index in [-0.39, 0.29) is 18.1 Å². The minimum absolute atomic E-state index is 0.0280. The molecule has 0 unspecified atom stereocenters. The zero-order chi connectivity index (χ0) is 21.4. The summed E-state index contributed by atoms with van der Waals surface area (Å²) in [6.45, 7) is 5.85. The molecule has 2 rings (SSSR count). The lowest BCUT2D eigenvalue weighted by Gasteiger charge is -2.19. The molecule has 2 aromatic rings. The third-order valence-electron chi connectivity index (χ3n) is 3.60. The maximum Gasteiger partial charge on any atom is 0.412 e. The molecule has 9 heteroatoms. The number of carbonyl (C=O) groups is 2. The number of amides is 2. The summed E-state index contributed by atoms with van der Waals surface area (Å²) in [5.41, 5.74) is 0.532. The van der Waals surface area contributed by atoms with Crippen LogP contribution in [0.25, 0.3) is 0 Å². The van der Waals surface area contributed by atoms with Gasteiger partial charge >= 0.3 is 6.09 Å². The highest BCUT2D eigenvalue weighted by Crippen LogP contribution is 2.22. The van der Waals surface area contributed by atoms with E-state index in [0.717, 1.165) is 0 Å². The van der Waals surface area contributed by atoms with Crippen molar-refractivity contribution < 1.29 is 19.2 Å². The molecule has 0 aliphatic carbocycles. The van der Waals surface area contributed by atoms with E-state index in [9.17, 15) is 19.7 Å². The van der Waals surface area contributed by atoms with Crippen molar-refractivity contribution in [2.45, 2.75) is 26.4 Å². The van der Waals surface area contributed by atoms with Crippen LogP contribution in [0.5, 0.6) is 0 Å². The van der Waals surface area contributed by atoms with E-state index in [4.69, 9.17) is 4.74 Å². The lowest BCUT2D eigenvalue weighted by atomic mass is 10.2. The van der Waals surface area contributed by atoms with Gasteiger partial charge in [0.2, 0.25) is 0 Å². The molecule has 154 valence electrons. The molecule has 0 aromatic heterocycles. The number of hydrogen-bond donors (Lipinski definition) is 3. The second-order valence-corrected chi connectivity index (χ2v) is 7.16. The number of nitro groups is 1. The zero-order valence-electron chi connectivity index (χ0n) is 16.5. The van der Waals surface area contributed by atoms with Gasteiger partial charge < -0.3 is 15.4 Å². The van der Waals surface area contributed by atoms with Crippen molar-refractivity contribution in [3.05, 3.63) is 64.2 Å². The van der Waals surface area contributed by atoms with Gasteiger partial charge in [0.05, 0.1) is 4.92 Å². The largest absolute Gasteiger partial charge is 0.444 e. The third kappa shape index (κ3) is 7.13. The third-order valence-corrected chi connectivity index (χ3v) is 3.60. The molecule has 2 aromatic carbocycles. The smallest absolute Gasteiger partial charge is 0.412 e. The highest BCUT2D eigenvalue weighted by molar-refractivity contribution is 5.96. The van der Waals surface area contributed by atoms with E-state index in [1.807, 2.05) is 0 Å². The van der Waals surface area contributed by atoms with E-state index in [2.05, 4.69) is 16.0 Å². The number of benzene rings is 2. The number of hydrogen-bond acceptors (Lipinski definition) is 6. The molecule has 0 spiro atoms. The first-order valence-electron chi connectivity index (χ1n) is 9.01. The van der Waals surface area contributed by atoms with Gasteiger partial charge in [-0.2, -0.15) is 0 Å². The lowest BCUT2D eigenvalue weighted by Crippen LogP contribution is -2.29. The Morgan fingerprint density at radius 2 is 1.79 bits per heavy atom. The SMILES string of the molecule is CC(C)(C)OC(=O)Nc1cccc(C(=O)NCCNc2ccccc2[N+](=O)[O-])c1. The molecule has 0 heterocycles. The molecule has 29 heavy (non-hydrogen) atoms. The molecule has 2 amide bonds. The number of ether oxygens (including phenoxy) is 1. The van der Waals surface area contributed by atoms with Gasteiger partial charge in [-0.25, -0.2) is 4.79 Å². The van der Waals surface area contributed by atoms with Gasteiger partial charge in [0.25, 0.3) is 11.6 Å². The van der Waals surface area contributed by atoms with Crippen molar-refractivity contribution >= 4 is 29.1 Å². The molecule has 0 fully saturated rings. The summed E-state index contributed by atoms with van der Waals surface area (Å²) in [6, 6.07) is 12.7. The Hall–Kier alpha value is -3.62. The number of nitrogens with one attached hydrogen (secondary N) is 3. The molecule has 9 nitrogen and oxygen atoms in total. The summed E-state index contributed by atoms with van der Waals surface area (Å²) in [6.07, 6.45) is -0.608. The molecule has 0 aliphatic rings. The maximum absolute atomic E-state index is 12.3. The lowest BCUT2D eigenvalue weighted by molar-refractivity contribution is -0.384. The minimum atomic E-state index is -0.625. The van der Waals surface area contributed by atoms with Crippen LogP contribution in [0.4, 0.5) is 21.9 Å². The molecule has 0 aliphatic heterocycles. The first-order chi connectivity index (χ1) is 13.7. The van der Waals surface area contributed by atoms with Crippen LogP contribution in [0.2, 0.25) is 0 Å². The fourth-order valence-corrected chi connectivity index (χ4v) is 2.42. The van der Waals surface area contributed by atoms with Gasteiger partial charge in [0.15, 0.2) is 0 Å². The molecule has 3 N–H and O–H groups in total. The quantitative estimate of drug-likeness (QED) is 0.369. The molecule has 0 atom stereocenters. The van der Waals surface area contributed by atoms with Crippen molar-refractivity contribution in [2.75, 3.05) is 23.7 Å². The topological polar surface area (TPSA) is 123 Å². The Morgan fingerprint density at radius 1 is 1.07 bits per heavy atom. The molecule has 0 saturated carbocycles. The average molecular weight is 400 g/mol. The van der Waals surface area contributed by atoms with Gasteiger partial charge in [0, 0.05) is 30.4 Å². The van der Waals surface area contributed by atoms with Crippen LogP contribution in [0.1, 0.15) is 31.1 Å². The van der Waals surface area contributed by atoms with Crippen molar-refractivity contribution in [3.63, 3.8) is 0 Å². The first-order valence-corrected chi connectivity index (χ1v) is 9.01. The Bertz CT molecular complexity index is 892. The number of nitro benzene ring substituents is 1. The Labute approximate surface area is 168 Å². The van der Waals surface area contributed by atoms with Crippen molar-refractivity contribution in [1.82, 2.24) is 5.32 Å². The van der Waals surface area contributed by atoms with Gasteiger partial charge in [-0.05, 0) is 45.0 Å². The zero-order valence-corrected chi connectivity index (χ0v) is 16.5. The van der Waals surface area contributed by atoms with E-state index in [0.29, 0.717) is 23.5 Å². The second-order valence-electron chi connectivity index (χ2n) is 7.16. The van der Waals surface area contributed by atoms with Crippen molar-refractivity contribution in [2.24, 2.45) is 0 Å². The summed E-state index contributed by atoms with van der Waals surface area (Å²) in [4.78, 5) is 34.7. The van der Waals surface area contributed by atoms with Gasteiger partial charge in [-0.1, -0.05) is 18.2 Å². The maximum atomic E-state index is 12.3. The minimum Gasteiger partial charge on any atom is -0.444 e. The summed E-state index contributed by atoms with van der Waals surface area (Å²) in [5.74, 6) is -0.331. The van der Waals surface area contributed by atoms with Crippen LogP contribution in [0.3, 0.4) is 0 Å². The predicted octanol–water partition coefficient (Wildman–Crippen LogP) is 3.78. The second kappa shape index (κ2) is 9.54. The molecule has 0 radical (unpaired) electrons. The molecular weight excluding hydrogens is 376 g/mol. The molecule has 0 saturated heterocycles. The highest BCUT2D eigenvalue weighted by Gasteiger charge is 2.16. The van der Waals surface area contributed by atoms with Crippen molar-refractivity contribution in [1.29, 1.82) is 0 Å². The Morgan fingerprint density at radius 3 is 2.48 bits per heavy atom. The van der Waals surface area contributed by atoms with E-state index in [1.165, 1.54) is 12.1 Å². The summed E-state index contributed by atoms with van der Waals surface area (Å²) in [7, 11) is 0. The standard InChI is InChI=1S/C20H24N4O5/c1-20(2,3)29-19(26)23-15-8-6-7-14(13-15)18(25)22-12-11-21-16-9-4-5-10-17(16)24(27)28/h4-10,13,21H,11-12H2,1-3H3,(H,22,25)(H,23,26). The predicted molar refractivity (Wildman–Crippen MR) is 110 cm³/mol. The van der Waals surface area contributed by atoms with Crippen LogP contribution in [-0.4, -0.2) is 35.6 Å². The fraction of sp³-hybridized carbons (Fsp3) is 0.300.